The summed E-state index contributed by atoms with van der Waals surface area (Å²) >= 11 is 4.95. The molecule has 0 fully saturated rings. The summed E-state index contributed by atoms with van der Waals surface area (Å²) in [5, 5.41) is 0. The van der Waals surface area contributed by atoms with Crippen molar-refractivity contribution < 1.29 is 4.79 Å². The zero-order valence-electron chi connectivity index (χ0n) is 5.56. The Kier molecular flexibility index (Phi) is 2.63. The van der Waals surface area contributed by atoms with Gasteiger partial charge in [-0.2, -0.15) is 0 Å². The largest absolute Gasteiger partial charge is 0.298 e. The molecule has 0 bridgehead atoms. The number of rotatable bonds is 2. The number of aldehydes is 1. The highest BCUT2D eigenvalue weighted by Crippen LogP contribution is 2.26. The van der Waals surface area contributed by atoms with Gasteiger partial charge in [0.1, 0.15) is 0 Å². The van der Waals surface area contributed by atoms with Crippen molar-refractivity contribution in [1.82, 2.24) is 0 Å². The molecule has 1 nitrogen and oxygen atoms in total. The van der Waals surface area contributed by atoms with Crippen molar-refractivity contribution in [2.24, 2.45) is 0 Å². The molecule has 1 rings (SSSR count). The van der Waals surface area contributed by atoms with Crippen LogP contribution in [0.1, 0.15) is 22.2 Å². The fraction of sp³-hybridized carbons (Fsp3) is 0.286. The molecule has 0 unspecified atom stereocenters. The predicted molar refractivity (Wildman–Crippen MR) is 46.8 cm³/mol. The molecular formula is C7H7BrOS. The van der Waals surface area contributed by atoms with Gasteiger partial charge in [-0.1, -0.05) is 6.92 Å². The zero-order valence-corrected chi connectivity index (χ0v) is 7.96. The van der Waals surface area contributed by atoms with Crippen LogP contribution in [0.2, 0.25) is 0 Å². The van der Waals surface area contributed by atoms with Gasteiger partial charge in [0.05, 0.1) is 3.79 Å². The number of aryl methyl sites for hydroxylation is 1. The van der Waals surface area contributed by atoms with Crippen molar-refractivity contribution in [3.05, 3.63) is 20.3 Å². The van der Waals surface area contributed by atoms with E-state index in [0.29, 0.717) is 0 Å². The maximum atomic E-state index is 10.4. The minimum absolute atomic E-state index is 0.819. The van der Waals surface area contributed by atoms with E-state index in [1.165, 1.54) is 0 Å². The number of hydrogen-bond acceptors (Lipinski definition) is 2. The van der Waals surface area contributed by atoms with Gasteiger partial charge in [-0.25, -0.2) is 0 Å². The summed E-state index contributed by atoms with van der Waals surface area (Å²) < 4.78 is 1.03. The van der Waals surface area contributed by atoms with E-state index < -0.39 is 0 Å². The van der Waals surface area contributed by atoms with Crippen LogP contribution in [0.15, 0.2) is 9.85 Å². The smallest absolute Gasteiger partial charge is 0.151 e. The first-order valence-electron chi connectivity index (χ1n) is 3.01. The zero-order chi connectivity index (χ0) is 7.56. The molecule has 0 atom stereocenters. The fourth-order valence-electron chi connectivity index (χ4n) is 0.785. The van der Waals surface area contributed by atoms with E-state index in [9.17, 15) is 4.79 Å². The molecule has 3 heteroatoms. The van der Waals surface area contributed by atoms with Crippen LogP contribution in [-0.2, 0) is 6.42 Å². The number of carbonyl (C=O) groups is 1. The molecule has 0 spiro atoms. The Morgan fingerprint density at radius 2 is 2.50 bits per heavy atom. The highest BCUT2D eigenvalue weighted by Gasteiger charge is 2.03. The van der Waals surface area contributed by atoms with Gasteiger partial charge in [-0.15, -0.1) is 11.3 Å². The number of thiophene rings is 1. The number of carbonyl (C=O) groups excluding carboxylic acids is 1. The summed E-state index contributed by atoms with van der Waals surface area (Å²) in [6.07, 6.45) is 1.84. The molecule has 0 aliphatic rings. The maximum absolute atomic E-state index is 10.4. The summed E-state index contributed by atoms with van der Waals surface area (Å²) in [6.45, 7) is 2.05. The first kappa shape index (κ1) is 7.95. The highest BCUT2D eigenvalue weighted by atomic mass is 79.9. The van der Waals surface area contributed by atoms with Crippen molar-refractivity contribution in [2.75, 3.05) is 0 Å². The SMILES string of the molecule is CCc1sc(Br)cc1C=O. The van der Waals surface area contributed by atoms with E-state index in [2.05, 4.69) is 15.9 Å². The van der Waals surface area contributed by atoms with Crippen LogP contribution in [0.4, 0.5) is 0 Å². The van der Waals surface area contributed by atoms with Gasteiger partial charge in [-0.05, 0) is 28.4 Å². The van der Waals surface area contributed by atoms with Crippen LogP contribution >= 0.6 is 27.3 Å². The lowest BCUT2D eigenvalue weighted by molar-refractivity contribution is 0.112. The summed E-state index contributed by atoms with van der Waals surface area (Å²) in [5.41, 5.74) is 0.819. The van der Waals surface area contributed by atoms with Gasteiger partial charge in [0.25, 0.3) is 0 Å². The second-order valence-corrected chi connectivity index (χ2v) is 4.42. The van der Waals surface area contributed by atoms with Crippen molar-refractivity contribution in [1.29, 1.82) is 0 Å². The lowest BCUT2D eigenvalue weighted by atomic mass is 10.2. The van der Waals surface area contributed by atoms with Crippen molar-refractivity contribution in [3.8, 4) is 0 Å². The predicted octanol–water partition coefficient (Wildman–Crippen LogP) is 2.89. The van der Waals surface area contributed by atoms with Gasteiger partial charge in [0, 0.05) is 10.4 Å². The molecule has 1 aromatic rings. The van der Waals surface area contributed by atoms with E-state index in [-0.39, 0.29) is 0 Å². The third-order valence-electron chi connectivity index (χ3n) is 1.26. The molecule has 0 N–H and O–H groups in total. The van der Waals surface area contributed by atoms with Crippen molar-refractivity contribution in [2.45, 2.75) is 13.3 Å². The maximum Gasteiger partial charge on any atom is 0.151 e. The molecule has 10 heavy (non-hydrogen) atoms. The monoisotopic (exact) mass is 218 g/mol. The van der Waals surface area contributed by atoms with Gasteiger partial charge in [-0.3, -0.25) is 4.79 Å². The standard InChI is InChI=1S/C7H7BrOS/c1-2-6-5(4-9)3-7(8)10-6/h3-4H,2H2,1H3. The topological polar surface area (TPSA) is 17.1 Å². The summed E-state index contributed by atoms with van der Waals surface area (Å²) in [6, 6.07) is 1.86. The van der Waals surface area contributed by atoms with Gasteiger partial charge in [0.2, 0.25) is 0 Å². The lowest BCUT2D eigenvalue weighted by Crippen LogP contribution is -1.80. The average Bonchev–Trinajstić information content (AvgIpc) is 2.30. The minimum Gasteiger partial charge on any atom is -0.298 e. The molecular weight excluding hydrogens is 212 g/mol. The van der Waals surface area contributed by atoms with E-state index in [1.54, 1.807) is 11.3 Å². The first-order valence-corrected chi connectivity index (χ1v) is 4.62. The quantitative estimate of drug-likeness (QED) is 0.699. The Hall–Kier alpha value is -0.150. The molecule has 0 radical (unpaired) electrons. The van der Waals surface area contributed by atoms with Crippen LogP contribution in [0.5, 0.6) is 0 Å². The Morgan fingerprint density at radius 1 is 1.80 bits per heavy atom. The Balaban J connectivity index is 3.08. The van der Waals surface area contributed by atoms with Crippen LogP contribution in [0.25, 0.3) is 0 Å². The first-order chi connectivity index (χ1) is 4.77. The van der Waals surface area contributed by atoms with Crippen molar-refractivity contribution in [3.63, 3.8) is 0 Å². The van der Waals surface area contributed by atoms with Gasteiger partial charge >= 0.3 is 0 Å². The molecule has 0 saturated carbocycles. The Labute approximate surface area is 72.2 Å². The summed E-state index contributed by atoms with van der Waals surface area (Å²) in [5.74, 6) is 0. The highest BCUT2D eigenvalue weighted by molar-refractivity contribution is 9.11. The molecule has 0 aliphatic heterocycles. The third kappa shape index (κ3) is 1.47. The minimum atomic E-state index is 0.819. The van der Waals surface area contributed by atoms with Crippen LogP contribution in [0, 0.1) is 0 Å². The molecule has 1 aromatic heterocycles. The molecule has 0 saturated heterocycles. The third-order valence-corrected chi connectivity index (χ3v) is 3.06. The van der Waals surface area contributed by atoms with Crippen LogP contribution in [-0.4, -0.2) is 6.29 Å². The van der Waals surface area contributed by atoms with Crippen LogP contribution < -0.4 is 0 Å². The van der Waals surface area contributed by atoms with Gasteiger partial charge in [0.15, 0.2) is 6.29 Å². The van der Waals surface area contributed by atoms with E-state index in [0.717, 1.165) is 26.9 Å². The second kappa shape index (κ2) is 3.30. The lowest BCUT2D eigenvalue weighted by Gasteiger charge is -1.86. The van der Waals surface area contributed by atoms with Crippen LogP contribution in [0.3, 0.4) is 0 Å². The van der Waals surface area contributed by atoms with E-state index >= 15 is 0 Å². The normalized spacial score (nSPS) is 9.80. The van der Waals surface area contributed by atoms with Crippen molar-refractivity contribution >= 4 is 33.6 Å². The summed E-state index contributed by atoms with van der Waals surface area (Å²) in [4.78, 5) is 11.5. The second-order valence-electron chi connectivity index (χ2n) is 1.90. The number of hydrogen-bond donors (Lipinski definition) is 0. The van der Waals surface area contributed by atoms with E-state index in [1.807, 2.05) is 13.0 Å². The molecule has 0 aromatic carbocycles. The average molecular weight is 219 g/mol. The fourth-order valence-corrected chi connectivity index (χ4v) is 2.41. The van der Waals surface area contributed by atoms with E-state index in [4.69, 9.17) is 0 Å². The Bertz CT molecular complexity index is 242. The Morgan fingerprint density at radius 3 is 2.90 bits per heavy atom. The molecule has 0 amide bonds. The molecule has 0 aliphatic carbocycles. The molecule has 1 heterocycles. The molecule has 54 valence electrons. The van der Waals surface area contributed by atoms with Gasteiger partial charge < -0.3 is 0 Å². The number of halogens is 1. The summed E-state index contributed by atoms with van der Waals surface area (Å²) in [7, 11) is 0.